The number of hydrogen-bond donors (Lipinski definition) is 2. The molecule has 1 amide bonds. The highest BCUT2D eigenvalue weighted by Crippen LogP contribution is 2.28. The van der Waals surface area contributed by atoms with E-state index in [-0.39, 0.29) is 17.4 Å². The molecule has 2 saturated heterocycles. The quantitative estimate of drug-likeness (QED) is 0.633. The van der Waals surface area contributed by atoms with Crippen LogP contribution in [0.5, 0.6) is 0 Å². The summed E-state index contributed by atoms with van der Waals surface area (Å²) in [6.07, 6.45) is 1.57. The van der Waals surface area contributed by atoms with E-state index >= 15 is 0 Å². The fraction of sp³-hybridized carbons (Fsp3) is 0.900. The van der Waals surface area contributed by atoms with Crippen LogP contribution < -0.4 is 5.32 Å². The topological polar surface area (TPSA) is 52.6 Å². The Hall–Kier alpha value is -0.610. The minimum absolute atomic E-state index is 0.166. The number of nitrogens with one attached hydrogen (secondary N) is 1. The van der Waals surface area contributed by atoms with Crippen molar-refractivity contribution in [1.82, 2.24) is 10.2 Å². The van der Waals surface area contributed by atoms with Gasteiger partial charge in [-0.2, -0.15) is 0 Å². The maximum absolute atomic E-state index is 11.6. The highest BCUT2D eigenvalue weighted by Gasteiger charge is 2.40. The van der Waals surface area contributed by atoms with E-state index in [1.54, 1.807) is 0 Å². The molecular weight excluding hydrogens is 180 g/mol. The van der Waals surface area contributed by atoms with E-state index in [0.29, 0.717) is 0 Å². The fourth-order valence-electron chi connectivity index (χ4n) is 2.38. The first-order chi connectivity index (χ1) is 6.60. The summed E-state index contributed by atoms with van der Waals surface area (Å²) in [6, 6.07) is 0. The Labute approximate surface area is 84.3 Å². The molecule has 2 atom stereocenters. The molecule has 4 nitrogen and oxygen atoms in total. The zero-order valence-electron chi connectivity index (χ0n) is 8.62. The van der Waals surface area contributed by atoms with Crippen molar-refractivity contribution in [3.8, 4) is 0 Å². The number of aliphatic hydroxyl groups is 1. The molecule has 14 heavy (non-hydrogen) atoms. The van der Waals surface area contributed by atoms with Crippen molar-refractivity contribution in [2.75, 3.05) is 26.2 Å². The van der Waals surface area contributed by atoms with Gasteiger partial charge in [0, 0.05) is 26.2 Å². The van der Waals surface area contributed by atoms with E-state index in [1.807, 2.05) is 6.92 Å². The molecule has 0 aromatic rings. The van der Waals surface area contributed by atoms with Crippen LogP contribution in [0.25, 0.3) is 0 Å². The van der Waals surface area contributed by atoms with Gasteiger partial charge in [0.1, 0.15) is 0 Å². The minimum atomic E-state index is -0.232. The Kier molecular flexibility index (Phi) is 2.49. The van der Waals surface area contributed by atoms with Gasteiger partial charge in [0.05, 0.1) is 11.5 Å². The van der Waals surface area contributed by atoms with Gasteiger partial charge in [0.15, 0.2) is 0 Å². The Morgan fingerprint density at radius 2 is 2.50 bits per heavy atom. The number of amides is 1. The molecule has 2 aliphatic rings. The summed E-state index contributed by atoms with van der Waals surface area (Å²) in [5, 5.41) is 12.2. The Bertz CT molecular complexity index is 244. The van der Waals surface area contributed by atoms with Gasteiger partial charge >= 0.3 is 0 Å². The van der Waals surface area contributed by atoms with Crippen LogP contribution >= 0.6 is 0 Å². The average Bonchev–Trinajstić information content (AvgIpc) is 2.62. The van der Waals surface area contributed by atoms with Crippen molar-refractivity contribution in [1.29, 1.82) is 0 Å². The zero-order valence-corrected chi connectivity index (χ0v) is 8.62. The van der Waals surface area contributed by atoms with Crippen LogP contribution in [-0.2, 0) is 4.79 Å². The van der Waals surface area contributed by atoms with Crippen LogP contribution in [0.15, 0.2) is 0 Å². The SMILES string of the molecule is CC1(CN2CC[C@@H](O)C2)CCNC1=O. The molecule has 2 rings (SSSR count). The van der Waals surface area contributed by atoms with Gasteiger partial charge in [-0.1, -0.05) is 0 Å². The number of carbonyl (C=O) groups is 1. The number of hydrogen-bond acceptors (Lipinski definition) is 3. The summed E-state index contributed by atoms with van der Waals surface area (Å²) in [6.45, 7) is 5.24. The van der Waals surface area contributed by atoms with E-state index in [1.165, 1.54) is 0 Å². The summed E-state index contributed by atoms with van der Waals surface area (Å²) >= 11 is 0. The molecule has 4 heteroatoms. The normalized spacial score (nSPS) is 39.0. The van der Waals surface area contributed by atoms with Crippen LogP contribution in [0, 0.1) is 5.41 Å². The molecule has 2 N–H and O–H groups in total. The van der Waals surface area contributed by atoms with Crippen molar-refractivity contribution in [3.63, 3.8) is 0 Å². The number of carbonyl (C=O) groups excluding carboxylic acids is 1. The first-order valence-electron chi connectivity index (χ1n) is 5.29. The van der Waals surface area contributed by atoms with Crippen LogP contribution in [0.1, 0.15) is 19.8 Å². The summed E-state index contributed by atoms with van der Waals surface area (Å²) in [5.74, 6) is 0.166. The average molecular weight is 198 g/mol. The van der Waals surface area contributed by atoms with Crippen molar-refractivity contribution >= 4 is 5.91 Å². The molecule has 0 spiro atoms. The second-order valence-electron chi connectivity index (χ2n) is 4.74. The molecule has 80 valence electrons. The van der Waals surface area contributed by atoms with Crippen molar-refractivity contribution in [2.45, 2.75) is 25.9 Å². The maximum atomic E-state index is 11.6. The molecule has 0 saturated carbocycles. The van der Waals surface area contributed by atoms with Crippen molar-refractivity contribution < 1.29 is 9.90 Å². The van der Waals surface area contributed by atoms with E-state index in [4.69, 9.17) is 0 Å². The third-order valence-electron chi connectivity index (χ3n) is 3.33. The Morgan fingerprint density at radius 1 is 1.71 bits per heavy atom. The standard InChI is InChI=1S/C10H18N2O2/c1-10(3-4-11-9(10)14)7-12-5-2-8(13)6-12/h8,13H,2-7H2,1H3,(H,11,14)/t8-,10?/m1/s1. The highest BCUT2D eigenvalue weighted by molar-refractivity contribution is 5.84. The summed E-state index contributed by atoms with van der Waals surface area (Å²) in [5.41, 5.74) is -0.232. The summed E-state index contributed by atoms with van der Waals surface area (Å²) in [7, 11) is 0. The highest BCUT2D eigenvalue weighted by atomic mass is 16.3. The van der Waals surface area contributed by atoms with E-state index < -0.39 is 0 Å². The predicted octanol–water partition coefficient (Wildman–Crippen LogP) is -0.421. The van der Waals surface area contributed by atoms with Gasteiger partial charge in [-0.05, 0) is 19.8 Å². The van der Waals surface area contributed by atoms with Gasteiger partial charge in [-0.25, -0.2) is 0 Å². The molecule has 0 aromatic heterocycles. The van der Waals surface area contributed by atoms with Crippen molar-refractivity contribution in [3.05, 3.63) is 0 Å². The maximum Gasteiger partial charge on any atom is 0.227 e. The molecule has 2 aliphatic heterocycles. The third kappa shape index (κ3) is 1.77. The fourth-order valence-corrected chi connectivity index (χ4v) is 2.38. The summed E-state index contributed by atoms with van der Waals surface area (Å²) < 4.78 is 0. The largest absolute Gasteiger partial charge is 0.392 e. The molecule has 2 heterocycles. The van der Waals surface area contributed by atoms with E-state index in [9.17, 15) is 9.90 Å². The van der Waals surface area contributed by atoms with E-state index in [0.717, 1.165) is 39.0 Å². The zero-order chi connectivity index (χ0) is 10.2. The van der Waals surface area contributed by atoms with Crippen LogP contribution in [-0.4, -0.2) is 48.2 Å². The van der Waals surface area contributed by atoms with Crippen LogP contribution in [0.3, 0.4) is 0 Å². The van der Waals surface area contributed by atoms with Crippen LogP contribution in [0.2, 0.25) is 0 Å². The molecule has 0 aliphatic carbocycles. The molecule has 0 radical (unpaired) electrons. The number of aliphatic hydroxyl groups excluding tert-OH is 1. The van der Waals surface area contributed by atoms with Gasteiger partial charge in [-0.3, -0.25) is 9.69 Å². The molecular formula is C10H18N2O2. The Balaban J connectivity index is 1.93. The molecule has 1 unspecified atom stereocenters. The second kappa shape index (κ2) is 3.51. The summed E-state index contributed by atoms with van der Waals surface area (Å²) in [4.78, 5) is 13.8. The number of likely N-dealkylation sites (tertiary alicyclic amines) is 1. The Morgan fingerprint density at radius 3 is 3.00 bits per heavy atom. The predicted molar refractivity (Wildman–Crippen MR) is 52.8 cm³/mol. The first-order valence-corrected chi connectivity index (χ1v) is 5.29. The monoisotopic (exact) mass is 198 g/mol. The lowest BCUT2D eigenvalue weighted by Crippen LogP contribution is -2.40. The van der Waals surface area contributed by atoms with Crippen LogP contribution in [0.4, 0.5) is 0 Å². The third-order valence-corrected chi connectivity index (χ3v) is 3.33. The van der Waals surface area contributed by atoms with Gasteiger partial charge in [0.2, 0.25) is 5.91 Å². The van der Waals surface area contributed by atoms with Gasteiger partial charge < -0.3 is 10.4 Å². The lowest BCUT2D eigenvalue weighted by molar-refractivity contribution is -0.127. The first kappa shape index (κ1) is 9.93. The minimum Gasteiger partial charge on any atom is -0.392 e. The lowest BCUT2D eigenvalue weighted by atomic mass is 9.88. The molecule has 0 bridgehead atoms. The number of rotatable bonds is 2. The number of β-amino-alcohol motifs (C(OH)–C–C–N with tert-alkyl or cyclic N) is 1. The van der Waals surface area contributed by atoms with Gasteiger partial charge in [0.25, 0.3) is 0 Å². The van der Waals surface area contributed by atoms with Crippen molar-refractivity contribution in [2.24, 2.45) is 5.41 Å². The lowest BCUT2D eigenvalue weighted by Gasteiger charge is -2.26. The smallest absolute Gasteiger partial charge is 0.227 e. The number of nitrogens with zero attached hydrogens (tertiary/aromatic N) is 1. The van der Waals surface area contributed by atoms with E-state index in [2.05, 4.69) is 10.2 Å². The van der Waals surface area contributed by atoms with Gasteiger partial charge in [-0.15, -0.1) is 0 Å². The molecule has 0 aromatic carbocycles. The second-order valence-corrected chi connectivity index (χ2v) is 4.74. The molecule has 2 fully saturated rings.